The van der Waals surface area contributed by atoms with Crippen LogP contribution in [0.2, 0.25) is 5.02 Å². The number of amides is 2. The lowest BCUT2D eigenvalue weighted by atomic mass is 9.85. The predicted molar refractivity (Wildman–Crippen MR) is 122 cm³/mol. The van der Waals surface area contributed by atoms with Crippen molar-refractivity contribution in [3.8, 4) is 5.75 Å². The Morgan fingerprint density at radius 1 is 1.13 bits per heavy atom. The Bertz CT molecular complexity index is 1080. The number of rotatable bonds is 5. The zero-order valence-electron chi connectivity index (χ0n) is 16.8. The van der Waals surface area contributed by atoms with Gasteiger partial charge in [0, 0.05) is 0 Å². The number of allylic oxidation sites excluding steroid dienone is 2. The molecule has 1 aliphatic heterocycles. The number of halogens is 2. The average molecular weight is 500 g/mol. The molecular weight excluding hydrogens is 480 g/mol. The molecule has 158 valence electrons. The molecule has 4 unspecified atom stereocenters. The highest BCUT2D eigenvalue weighted by Crippen LogP contribution is 2.52. The Morgan fingerprint density at radius 2 is 1.77 bits per heavy atom. The van der Waals surface area contributed by atoms with Gasteiger partial charge in [0.05, 0.1) is 27.5 Å². The minimum absolute atomic E-state index is 0.167. The number of ether oxygens (including phenoxy) is 1. The second kappa shape index (κ2) is 7.92. The van der Waals surface area contributed by atoms with Crippen molar-refractivity contribution in [3.63, 3.8) is 0 Å². The number of fused-ring (bicyclic) bond motifs is 5. The van der Waals surface area contributed by atoms with E-state index in [0.717, 1.165) is 17.0 Å². The average Bonchev–Trinajstić information content (AvgIpc) is 3.42. The summed E-state index contributed by atoms with van der Waals surface area (Å²) in [5.74, 6) is -0.0528. The van der Waals surface area contributed by atoms with Gasteiger partial charge in [-0.15, -0.1) is 0 Å². The van der Waals surface area contributed by atoms with E-state index in [9.17, 15) is 9.59 Å². The third kappa shape index (κ3) is 3.62. The molecule has 31 heavy (non-hydrogen) atoms. The molecule has 2 fully saturated rings. The summed E-state index contributed by atoms with van der Waals surface area (Å²) < 4.78 is 6.57. The molecule has 7 heteroatoms. The van der Waals surface area contributed by atoms with Gasteiger partial charge < -0.3 is 4.74 Å². The number of carbonyl (C=O) groups is 2. The second-order valence-electron chi connectivity index (χ2n) is 8.32. The van der Waals surface area contributed by atoms with Gasteiger partial charge in [0.15, 0.2) is 5.75 Å². The van der Waals surface area contributed by atoms with Crippen LogP contribution in [0, 0.1) is 30.6 Å². The number of carbonyl (C=O) groups excluding carboxylic acids is 2. The molecule has 1 heterocycles. The van der Waals surface area contributed by atoms with Crippen LogP contribution in [-0.4, -0.2) is 23.0 Å². The van der Waals surface area contributed by atoms with Crippen LogP contribution < -0.4 is 4.74 Å². The highest BCUT2D eigenvalue weighted by molar-refractivity contribution is 9.10. The number of imide groups is 1. The van der Waals surface area contributed by atoms with Crippen molar-refractivity contribution in [3.05, 3.63) is 74.7 Å². The molecule has 2 aromatic rings. The highest BCUT2D eigenvalue weighted by atomic mass is 79.9. The zero-order chi connectivity index (χ0) is 21.7. The Kier molecular flexibility index (Phi) is 5.22. The van der Waals surface area contributed by atoms with E-state index in [0.29, 0.717) is 27.4 Å². The smallest absolute Gasteiger partial charge is 0.254 e. The lowest BCUT2D eigenvalue weighted by Crippen LogP contribution is -2.28. The quantitative estimate of drug-likeness (QED) is 0.325. The second-order valence-corrected chi connectivity index (χ2v) is 9.58. The van der Waals surface area contributed by atoms with Crippen LogP contribution in [-0.2, 0) is 16.2 Å². The number of hydrogen-bond acceptors (Lipinski definition) is 4. The summed E-state index contributed by atoms with van der Waals surface area (Å²) in [6, 6.07) is 11.6. The van der Waals surface area contributed by atoms with E-state index in [1.165, 1.54) is 11.8 Å². The lowest BCUT2D eigenvalue weighted by Gasteiger charge is -2.13. The Hall–Kier alpha value is -2.44. The van der Waals surface area contributed by atoms with Crippen LogP contribution in [0.25, 0.3) is 0 Å². The minimum atomic E-state index is -0.257. The Morgan fingerprint density at radius 3 is 2.39 bits per heavy atom. The molecular formula is C24H20BrClN2O3. The van der Waals surface area contributed by atoms with Gasteiger partial charge >= 0.3 is 0 Å². The van der Waals surface area contributed by atoms with Crippen molar-refractivity contribution < 1.29 is 14.3 Å². The van der Waals surface area contributed by atoms with Crippen molar-refractivity contribution in [1.29, 1.82) is 0 Å². The number of hydrogen-bond donors (Lipinski definition) is 0. The van der Waals surface area contributed by atoms with Crippen LogP contribution >= 0.6 is 27.5 Å². The van der Waals surface area contributed by atoms with Crippen LogP contribution in [0.1, 0.15) is 23.1 Å². The van der Waals surface area contributed by atoms with Gasteiger partial charge in [-0.2, -0.15) is 10.1 Å². The number of nitrogens with zero attached hydrogens (tertiary/aromatic N) is 2. The predicted octanol–water partition coefficient (Wildman–Crippen LogP) is 5.13. The van der Waals surface area contributed by atoms with E-state index < -0.39 is 0 Å². The molecule has 4 atom stereocenters. The number of hydrazone groups is 1. The summed E-state index contributed by atoms with van der Waals surface area (Å²) in [6.07, 6.45) is 6.52. The van der Waals surface area contributed by atoms with Crippen molar-refractivity contribution in [2.45, 2.75) is 20.0 Å². The standard InChI is InChI=1S/C24H20BrClN2O3/c1-13-2-4-14(5-3-13)12-31-22-18(25)8-15(9-19(22)26)11-27-28-23(29)20-16-6-7-17(10-16)21(20)24(28)30/h2-9,11,16-17,20-21H,10,12H2,1H3. The molecule has 0 N–H and O–H groups in total. The maximum absolute atomic E-state index is 12.7. The maximum Gasteiger partial charge on any atom is 0.254 e. The number of benzene rings is 2. The highest BCUT2D eigenvalue weighted by Gasteiger charge is 2.59. The fourth-order valence-corrected chi connectivity index (χ4v) is 5.75. The largest absolute Gasteiger partial charge is 0.486 e. The van der Waals surface area contributed by atoms with Gasteiger partial charge in [0.1, 0.15) is 6.61 Å². The molecule has 1 saturated heterocycles. The SMILES string of the molecule is Cc1ccc(COc2c(Cl)cc(C=NN3C(=O)C4C5C=CC(C5)C4C3=O)cc2Br)cc1. The summed E-state index contributed by atoms with van der Waals surface area (Å²) in [5, 5.41) is 5.66. The first kappa shape index (κ1) is 20.5. The first-order valence-electron chi connectivity index (χ1n) is 10.2. The molecule has 2 bridgehead atoms. The summed E-state index contributed by atoms with van der Waals surface area (Å²) in [7, 11) is 0. The van der Waals surface area contributed by atoms with Crippen LogP contribution in [0.3, 0.4) is 0 Å². The fourth-order valence-electron chi connectivity index (χ4n) is 4.76. The Labute approximate surface area is 193 Å². The van der Waals surface area contributed by atoms with Crippen LogP contribution in [0.5, 0.6) is 5.75 Å². The van der Waals surface area contributed by atoms with Gasteiger partial charge in [-0.25, -0.2) is 0 Å². The van der Waals surface area contributed by atoms with Gasteiger partial charge in [-0.1, -0.05) is 53.6 Å². The topological polar surface area (TPSA) is 59.0 Å². The van der Waals surface area contributed by atoms with Crippen molar-refractivity contribution in [2.24, 2.45) is 28.8 Å². The van der Waals surface area contributed by atoms with Gasteiger partial charge in [-0.3, -0.25) is 9.59 Å². The first-order chi connectivity index (χ1) is 14.9. The van der Waals surface area contributed by atoms with Gasteiger partial charge in [-0.05, 0) is 64.4 Å². The third-order valence-corrected chi connectivity index (χ3v) is 7.16. The molecule has 0 radical (unpaired) electrons. The van der Waals surface area contributed by atoms with Crippen molar-refractivity contribution in [1.82, 2.24) is 5.01 Å². The molecule has 5 rings (SSSR count). The van der Waals surface area contributed by atoms with Crippen molar-refractivity contribution >= 4 is 45.6 Å². The van der Waals surface area contributed by atoms with Crippen LogP contribution in [0.4, 0.5) is 0 Å². The third-order valence-electron chi connectivity index (χ3n) is 6.29. The van der Waals surface area contributed by atoms with E-state index in [4.69, 9.17) is 16.3 Å². The Balaban J connectivity index is 1.30. The van der Waals surface area contributed by atoms with Crippen molar-refractivity contribution in [2.75, 3.05) is 0 Å². The summed E-state index contributed by atoms with van der Waals surface area (Å²) >= 11 is 9.93. The normalized spacial score (nSPS) is 26.4. The molecule has 2 aliphatic carbocycles. The molecule has 3 aliphatic rings. The molecule has 1 saturated carbocycles. The molecule has 0 spiro atoms. The molecule has 5 nitrogen and oxygen atoms in total. The summed E-state index contributed by atoms with van der Waals surface area (Å²) in [5.41, 5.74) is 2.90. The van der Waals surface area contributed by atoms with E-state index in [1.807, 2.05) is 31.2 Å². The number of aryl methyl sites for hydroxylation is 1. The van der Waals surface area contributed by atoms with E-state index in [1.54, 1.807) is 12.1 Å². The lowest BCUT2D eigenvalue weighted by molar-refractivity contribution is -0.140. The molecule has 2 amide bonds. The maximum atomic E-state index is 12.7. The first-order valence-corrected chi connectivity index (χ1v) is 11.4. The van der Waals surface area contributed by atoms with Gasteiger partial charge in [0.25, 0.3) is 11.8 Å². The van der Waals surface area contributed by atoms with Gasteiger partial charge in [0.2, 0.25) is 0 Å². The minimum Gasteiger partial charge on any atom is -0.486 e. The van der Waals surface area contributed by atoms with E-state index in [-0.39, 0.29) is 35.5 Å². The fraction of sp³-hybridized carbons (Fsp3) is 0.292. The van der Waals surface area contributed by atoms with E-state index in [2.05, 4.69) is 33.2 Å². The zero-order valence-corrected chi connectivity index (χ0v) is 19.1. The van der Waals surface area contributed by atoms with E-state index >= 15 is 0 Å². The monoisotopic (exact) mass is 498 g/mol. The van der Waals surface area contributed by atoms with Crippen LogP contribution in [0.15, 0.2) is 58.1 Å². The summed E-state index contributed by atoms with van der Waals surface area (Å²) in [6.45, 7) is 2.43. The molecule has 0 aromatic heterocycles. The summed E-state index contributed by atoms with van der Waals surface area (Å²) in [4.78, 5) is 25.5. The molecule has 2 aromatic carbocycles.